The van der Waals surface area contributed by atoms with Crippen molar-refractivity contribution >= 4 is 60.5 Å². The first-order valence-corrected chi connectivity index (χ1v) is 19.4. The smallest absolute Gasteiger partial charge is 0.414 e. The van der Waals surface area contributed by atoms with Crippen LogP contribution in [0.4, 0.5) is 49.9 Å². The SMILES string of the molecule is NC[C@H]1CN(c2ccc(N3CCS(=O)(=O)CC3)c(F)c2)C(=O)O1.O=C(NC[C@H]1CN(c2ccc(N3CCS(=O)(=O)CC3)c(F)c2)C(=O)O1)C(F)F. The van der Waals surface area contributed by atoms with Crippen LogP contribution in [0.1, 0.15) is 0 Å². The van der Waals surface area contributed by atoms with Gasteiger partial charge < -0.3 is 30.3 Å². The summed E-state index contributed by atoms with van der Waals surface area (Å²) in [6, 6.07) is 8.51. The van der Waals surface area contributed by atoms with Crippen molar-refractivity contribution in [3.8, 4) is 0 Å². The zero-order valence-corrected chi connectivity index (χ0v) is 28.7. The fraction of sp³-hybridized carbons (Fsp3) is 0.500. The predicted octanol–water partition coefficient (Wildman–Crippen LogP) is 1.11. The largest absolute Gasteiger partial charge is 0.443 e. The van der Waals surface area contributed by atoms with E-state index in [9.17, 15) is 48.8 Å². The third-order valence-corrected chi connectivity index (χ3v) is 11.8. The van der Waals surface area contributed by atoms with E-state index < -0.39 is 68.0 Å². The van der Waals surface area contributed by atoms with Gasteiger partial charge in [0.05, 0.1) is 65.4 Å². The molecule has 4 fully saturated rings. The maximum atomic E-state index is 14.5. The van der Waals surface area contributed by atoms with Crippen LogP contribution < -0.4 is 30.7 Å². The average molecular weight is 765 g/mol. The lowest BCUT2D eigenvalue weighted by Gasteiger charge is -2.29. The molecule has 0 saturated carbocycles. The zero-order valence-electron chi connectivity index (χ0n) is 27.1. The highest BCUT2D eigenvalue weighted by molar-refractivity contribution is 7.91. The fourth-order valence-corrected chi connectivity index (χ4v) is 8.13. The second-order valence-corrected chi connectivity index (χ2v) is 16.7. The molecule has 21 heteroatoms. The van der Waals surface area contributed by atoms with Crippen LogP contribution in [-0.2, 0) is 33.9 Å². The average Bonchev–Trinajstić information content (AvgIpc) is 3.65. The first kappa shape index (κ1) is 37.9. The molecule has 0 aliphatic carbocycles. The van der Waals surface area contributed by atoms with E-state index in [0.717, 1.165) is 11.0 Å². The van der Waals surface area contributed by atoms with Gasteiger partial charge in [-0.2, -0.15) is 8.78 Å². The summed E-state index contributed by atoms with van der Waals surface area (Å²) < 4.78 is 109. The molecule has 3 amide bonds. The van der Waals surface area contributed by atoms with E-state index in [0.29, 0.717) is 11.4 Å². The van der Waals surface area contributed by atoms with Gasteiger partial charge in [0.25, 0.3) is 5.91 Å². The van der Waals surface area contributed by atoms with Crippen LogP contribution in [0.25, 0.3) is 0 Å². The molecule has 4 aliphatic heterocycles. The van der Waals surface area contributed by atoms with Crippen molar-refractivity contribution in [2.24, 2.45) is 5.73 Å². The molecule has 4 heterocycles. The Labute approximate surface area is 291 Å². The van der Waals surface area contributed by atoms with Gasteiger partial charge in [-0.25, -0.2) is 35.2 Å². The summed E-state index contributed by atoms with van der Waals surface area (Å²) >= 11 is 0. The number of nitrogens with zero attached hydrogens (tertiary/aromatic N) is 4. The molecule has 0 bridgehead atoms. The molecule has 3 N–H and O–H groups in total. The number of nitrogens with one attached hydrogen (secondary N) is 1. The number of benzene rings is 2. The Morgan fingerprint density at radius 3 is 1.55 bits per heavy atom. The maximum Gasteiger partial charge on any atom is 0.414 e. The van der Waals surface area contributed by atoms with Crippen molar-refractivity contribution in [1.29, 1.82) is 0 Å². The van der Waals surface area contributed by atoms with Crippen molar-refractivity contribution in [2.45, 2.75) is 18.6 Å². The molecule has 4 saturated heterocycles. The number of cyclic esters (lactones) is 2. The first-order chi connectivity index (χ1) is 24.1. The molecule has 4 aliphatic rings. The fourth-order valence-electron chi connectivity index (χ4n) is 5.73. The van der Waals surface area contributed by atoms with E-state index in [1.54, 1.807) is 21.9 Å². The van der Waals surface area contributed by atoms with Gasteiger partial charge in [0.15, 0.2) is 19.7 Å². The molecule has 2 aromatic rings. The molecule has 2 aromatic carbocycles. The second kappa shape index (κ2) is 15.5. The molecule has 6 rings (SSSR count). The lowest BCUT2D eigenvalue weighted by molar-refractivity contribution is -0.132. The summed E-state index contributed by atoms with van der Waals surface area (Å²) in [5, 5.41) is 1.96. The minimum atomic E-state index is -3.17. The number of sulfone groups is 2. The number of hydrogen-bond donors (Lipinski definition) is 2. The Bertz CT molecular complexity index is 1840. The van der Waals surface area contributed by atoms with Crippen molar-refractivity contribution in [3.05, 3.63) is 48.0 Å². The summed E-state index contributed by atoms with van der Waals surface area (Å²) in [6.45, 7) is 1.06. The van der Waals surface area contributed by atoms with Gasteiger partial charge in [-0.3, -0.25) is 14.6 Å². The molecule has 2 atom stereocenters. The number of ether oxygens (including phenoxy) is 2. The Morgan fingerprint density at radius 2 is 1.18 bits per heavy atom. The number of carbonyl (C=O) groups excluding carboxylic acids is 3. The number of carbonyl (C=O) groups is 3. The highest BCUT2D eigenvalue weighted by Crippen LogP contribution is 2.30. The van der Waals surface area contributed by atoms with E-state index in [1.165, 1.54) is 23.1 Å². The third kappa shape index (κ3) is 9.30. The zero-order chi connectivity index (χ0) is 37.1. The van der Waals surface area contributed by atoms with Crippen molar-refractivity contribution < 1.29 is 58.3 Å². The molecule has 0 aromatic heterocycles. The molecule has 0 spiro atoms. The Balaban J connectivity index is 0.000000201. The van der Waals surface area contributed by atoms with Gasteiger partial charge in [-0.1, -0.05) is 0 Å². The lowest BCUT2D eigenvalue weighted by atomic mass is 10.2. The highest BCUT2D eigenvalue weighted by Gasteiger charge is 2.35. The van der Waals surface area contributed by atoms with Gasteiger partial charge in [0.2, 0.25) is 0 Å². The van der Waals surface area contributed by atoms with Crippen LogP contribution in [0.15, 0.2) is 36.4 Å². The minimum Gasteiger partial charge on any atom is -0.443 e. The normalized spacial score (nSPS) is 22.7. The van der Waals surface area contributed by atoms with Gasteiger partial charge >= 0.3 is 18.6 Å². The number of rotatable bonds is 8. The molecule has 0 radical (unpaired) electrons. The quantitative estimate of drug-likeness (QED) is 0.365. The molecular weight excluding hydrogens is 728 g/mol. The van der Waals surface area contributed by atoms with Crippen LogP contribution in [0.2, 0.25) is 0 Å². The first-order valence-electron chi connectivity index (χ1n) is 15.8. The number of amides is 3. The molecule has 51 heavy (non-hydrogen) atoms. The number of nitrogens with two attached hydrogens (primary N) is 1. The third-order valence-electron chi connectivity index (χ3n) is 8.57. The molecule has 280 valence electrons. The van der Waals surface area contributed by atoms with Gasteiger partial charge in [-0.05, 0) is 36.4 Å². The molecular formula is C30H36F4N6O9S2. The molecule has 0 unspecified atom stereocenters. The minimum absolute atomic E-state index is 0.0187. The van der Waals surface area contributed by atoms with Crippen LogP contribution in [0.3, 0.4) is 0 Å². The van der Waals surface area contributed by atoms with Crippen molar-refractivity contribution in [1.82, 2.24) is 5.32 Å². The van der Waals surface area contributed by atoms with E-state index in [1.807, 2.05) is 5.32 Å². The summed E-state index contributed by atoms with van der Waals surface area (Å²) in [5.74, 6) is -2.66. The standard InChI is InChI=1S/C16H18F3N3O5S.C14H18FN3O4S/c17-12-7-10(1-2-13(12)21-3-5-28(25,26)6-4-21)22-9-11(27-16(22)24)8-20-15(23)14(18)19;15-12-7-10(18-9-11(8-16)22-14(18)19)1-2-13(12)17-3-5-23(20,21)6-4-17/h1-2,7,11,14H,3-6,8-9H2,(H,20,23);1-2,7,11H,3-6,8-9,16H2/t2*11-/m00/s1. The number of hydrogen-bond acceptors (Lipinski definition) is 12. The van der Waals surface area contributed by atoms with Crippen molar-refractivity contribution in [3.63, 3.8) is 0 Å². The van der Waals surface area contributed by atoms with Crippen LogP contribution in [0.5, 0.6) is 0 Å². The summed E-state index contributed by atoms with van der Waals surface area (Å²) in [5.41, 5.74) is 6.65. The summed E-state index contributed by atoms with van der Waals surface area (Å²) in [7, 11) is -6.12. The maximum absolute atomic E-state index is 14.5. The molecule has 15 nitrogen and oxygen atoms in total. The Kier molecular flexibility index (Phi) is 11.5. The predicted molar refractivity (Wildman–Crippen MR) is 178 cm³/mol. The number of alkyl halides is 2. The monoisotopic (exact) mass is 764 g/mol. The van der Waals surface area contributed by atoms with Crippen LogP contribution in [-0.4, -0.2) is 129 Å². The summed E-state index contributed by atoms with van der Waals surface area (Å²) in [4.78, 5) is 40.4. The highest BCUT2D eigenvalue weighted by atomic mass is 32.2. The lowest BCUT2D eigenvalue weighted by Crippen LogP contribution is -2.40. The topological polar surface area (TPSA) is 189 Å². The van der Waals surface area contributed by atoms with E-state index in [-0.39, 0.29) is 86.7 Å². The van der Waals surface area contributed by atoms with Gasteiger partial charge in [0, 0.05) is 32.7 Å². The second-order valence-electron chi connectivity index (χ2n) is 12.1. The Hall–Kier alpha value is -4.37. The van der Waals surface area contributed by atoms with Gasteiger partial charge in [-0.15, -0.1) is 0 Å². The van der Waals surface area contributed by atoms with E-state index >= 15 is 0 Å². The van der Waals surface area contributed by atoms with Crippen molar-refractivity contribution in [2.75, 3.05) is 95.0 Å². The van der Waals surface area contributed by atoms with Crippen LogP contribution in [0, 0.1) is 11.6 Å². The Morgan fingerprint density at radius 1 is 0.765 bits per heavy atom. The summed E-state index contributed by atoms with van der Waals surface area (Å²) in [6.07, 6.45) is -5.73. The van der Waals surface area contributed by atoms with Crippen LogP contribution >= 0.6 is 0 Å². The number of anilines is 4. The van der Waals surface area contributed by atoms with Gasteiger partial charge in [0.1, 0.15) is 23.8 Å². The number of halogens is 4. The van der Waals surface area contributed by atoms with E-state index in [4.69, 9.17) is 15.2 Å². The van der Waals surface area contributed by atoms with E-state index in [2.05, 4.69) is 0 Å².